The van der Waals surface area contributed by atoms with E-state index < -0.39 is 17.5 Å². The van der Waals surface area contributed by atoms with E-state index in [1.807, 2.05) is 30.3 Å². The molecule has 0 unspecified atom stereocenters. The average molecular weight is 374 g/mol. The Morgan fingerprint density at radius 1 is 1.15 bits per heavy atom. The largest absolute Gasteiger partial charge is 0.494 e. The SMILES string of the molecule is C=C(C=CC(=O)O)C(=O)OC(C)(C)C.C=Cc1ccc(OCCCC)cc1. The summed E-state index contributed by atoms with van der Waals surface area (Å²) in [6.45, 7) is 15.2. The second-order valence-corrected chi connectivity index (χ2v) is 6.67. The summed E-state index contributed by atoms with van der Waals surface area (Å²) in [7, 11) is 0. The molecule has 5 nitrogen and oxygen atoms in total. The summed E-state index contributed by atoms with van der Waals surface area (Å²) in [6, 6.07) is 7.97. The van der Waals surface area contributed by atoms with Crippen LogP contribution in [-0.4, -0.2) is 29.3 Å². The molecule has 0 heterocycles. The van der Waals surface area contributed by atoms with Gasteiger partial charge < -0.3 is 14.6 Å². The average Bonchev–Trinajstić information content (AvgIpc) is 2.59. The molecule has 0 bridgehead atoms. The fraction of sp³-hybridized carbons (Fsp3) is 0.364. The predicted octanol–water partition coefficient (Wildman–Crippen LogP) is 5.03. The first kappa shape index (κ1) is 24.2. The molecule has 1 rings (SSSR count). The predicted molar refractivity (Wildman–Crippen MR) is 109 cm³/mol. The van der Waals surface area contributed by atoms with Crippen LogP contribution in [0.2, 0.25) is 0 Å². The van der Waals surface area contributed by atoms with Crippen molar-refractivity contribution < 1.29 is 24.2 Å². The molecular weight excluding hydrogens is 344 g/mol. The highest BCUT2D eigenvalue weighted by Crippen LogP contribution is 2.13. The molecule has 0 amide bonds. The summed E-state index contributed by atoms with van der Waals surface area (Å²) >= 11 is 0. The molecule has 0 saturated carbocycles. The molecule has 1 aromatic rings. The van der Waals surface area contributed by atoms with Gasteiger partial charge in [0.05, 0.1) is 12.2 Å². The lowest BCUT2D eigenvalue weighted by atomic mass is 10.2. The van der Waals surface area contributed by atoms with Crippen LogP contribution in [0.3, 0.4) is 0 Å². The Balaban J connectivity index is 0.000000501. The van der Waals surface area contributed by atoms with Crippen LogP contribution in [0.15, 0.2) is 55.1 Å². The van der Waals surface area contributed by atoms with Crippen molar-refractivity contribution >= 4 is 18.0 Å². The molecule has 0 saturated heterocycles. The van der Waals surface area contributed by atoms with Crippen molar-refractivity contribution in [1.29, 1.82) is 0 Å². The zero-order valence-corrected chi connectivity index (χ0v) is 16.7. The highest BCUT2D eigenvalue weighted by Gasteiger charge is 2.17. The van der Waals surface area contributed by atoms with Gasteiger partial charge in [0, 0.05) is 6.08 Å². The molecule has 0 aliphatic rings. The first-order valence-corrected chi connectivity index (χ1v) is 8.77. The van der Waals surface area contributed by atoms with Gasteiger partial charge in [-0.2, -0.15) is 0 Å². The zero-order chi connectivity index (χ0) is 20.9. The summed E-state index contributed by atoms with van der Waals surface area (Å²) in [4.78, 5) is 21.3. The van der Waals surface area contributed by atoms with Gasteiger partial charge in [0.1, 0.15) is 11.4 Å². The van der Waals surface area contributed by atoms with E-state index in [9.17, 15) is 9.59 Å². The molecule has 27 heavy (non-hydrogen) atoms. The summed E-state index contributed by atoms with van der Waals surface area (Å²) in [6.07, 6.45) is 6.06. The maximum atomic E-state index is 11.2. The van der Waals surface area contributed by atoms with Crippen molar-refractivity contribution in [2.24, 2.45) is 0 Å². The number of hydrogen-bond acceptors (Lipinski definition) is 4. The van der Waals surface area contributed by atoms with E-state index in [1.165, 1.54) is 6.42 Å². The van der Waals surface area contributed by atoms with Gasteiger partial charge in [0.25, 0.3) is 0 Å². The van der Waals surface area contributed by atoms with Gasteiger partial charge in [-0.1, -0.05) is 44.7 Å². The van der Waals surface area contributed by atoms with Crippen LogP contribution in [0, 0.1) is 0 Å². The number of unbranched alkanes of at least 4 members (excludes halogenated alkanes) is 1. The normalized spacial score (nSPS) is 10.5. The highest BCUT2D eigenvalue weighted by molar-refractivity contribution is 5.93. The van der Waals surface area contributed by atoms with Crippen molar-refractivity contribution in [3.8, 4) is 5.75 Å². The number of carbonyl (C=O) groups is 2. The van der Waals surface area contributed by atoms with Crippen molar-refractivity contribution in [2.75, 3.05) is 6.61 Å². The van der Waals surface area contributed by atoms with Gasteiger partial charge in [-0.05, 0) is 51.0 Å². The number of carboxylic acids is 1. The van der Waals surface area contributed by atoms with Gasteiger partial charge in [0.15, 0.2) is 0 Å². The van der Waals surface area contributed by atoms with Crippen LogP contribution >= 0.6 is 0 Å². The third kappa shape index (κ3) is 13.1. The Bertz CT molecular complexity index is 648. The number of carboxylic acid groups (broad SMARTS) is 1. The van der Waals surface area contributed by atoms with E-state index in [2.05, 4.69) is 20.1 Å². The van der Waals surface area contributed by atoms with Gasteiger partial charge >= 0.3 is 11.9 Å². The monoisotopic (exact) mass is 374 g/mol. The summed E-state index contributed by atoms with van der Waals surface area (Å²) in [5, 5.41) is 8.30. The molecule has 5 heteroatoms. The first-order valence-electron chi connectivity index (χ1n) is 8.77. The van der Waals surface area contributed by atoms with Crippen molar-refractivity contribution in [1.82, 2.24) is 0 Å². The number of ether oxygens (including phenoxy) is 2. The molecule has 0 fully saturated rings. The van der Waals surface area contributed by atoms with E-state index in [0.29, 0.717) is 0 Å². The van der Waals surface area contributed by atoms with E-state index in [4.69, 9.17) is 14.6 Å². The Morgan fingerprint density at radius 2 is 1.74 bits per heavy atom. The molecule has 0 spiro atoms. The molecule has 148 valence electrons. The minimum atomic E-state index is -1.13. The summed E-state index contributed by atoms with van der Waals surface area (Å²) < 4.78 is 10.5. The minimum absolute atomic E-state index is 0.0160. The molecule has 0 aliphatic carbocycles. The Hall–Kier alpha value is -2.82. The molecule has 0 atom stereocenters. The number of hydrogen-bond donors (Lipinski definition) is 1. The zero-order valence-electron chi connectivity index (χ0n) is 16.7. The molecule has 0 aromatic heterocycles. The van der Waals surface area contributed by atoms with Crippen molar-refractivity contribution in [2.45, 2.75) is 46.1 Å². The second kappa shape index (κ2) is 12.5. The van der Waals surface area contributed by atoms with Crippen LogP contribution in [0.4, 0.5) is 0 Å². The molecule has 1 N–H and O–H groups in total. The Kier molecular flexibility index (Phi) is 11.2. The maximum Gasteiger partial charge on any atom is 0.338 e. The maximum absolute atomic E-state index is 11.2. The fourth-order valence-electron chi connectivity index (χ4n) is 1.62. The topological polar surface area (TPSA) is 72.8 Å². The van der Waals surface area contributed by atoms with E-state index in [1.54, 1.807) is 20.8 Å². The molecular formula is C22H30O5. The van der Waals surface area contributed by atoms with Crippen LogP contribution in [0.5, 0.6) is 5.75 Å². The number of benzene rings is 1. The standard InChI is InChI=1S/C12H16O.C10H14O4/c1-3-5-10-13-12-8-6-11(4-2)7-9-12;1-7(5-6-8(11)12)9(13)14-10(2,3)4/h4,6-9H,2-3,5,10H2,1H3;5-6H,1H2,2-4H3,(H,11,12). The lowest BCUT2D eigenvalue weighted by molar-refractivity contribution is -0.149. The van der Waals surface area contributed by atoms with E-state index in [0.717, 1.165) is 36.5 Å². The van der Waals surface area contributed by atoms with Gasteiger partial charge in [0.2, 0.25) is 0 Å². The van der Waals surface area contributed by atoms with Crippen LogP contribution in [0.25, 0.3) is 6.08 Å². The molecule has 0 aliphatic heterocycles. The molecule has 1 aromatic carbocycles. The summed E-state index contributed by atoms with van der Waals surface area (Å²) in [5.74, 6) is -0.802. The number of carbonyl (C=O) groups excluding carboxylic acids is 1. The van der Waals surface area contributed by atoms with Crippen molar-refractivity contribution in [3.05, 3.63) is 60.7 Å². The quantitative estimate of drug-likeness (QED) is 0.299. The Labute approximate surface area is 162 Å². The van der Waals surface area contributed by atoms with Gasteiger partial charge in [-0.25, -0.2) is 9.59 Å². The van der Waals surface area contributed by atoms with Crippen LogP contribution in [0.1, 0.15) is 46.1 Å². The van der Waals surface area contributed by atoms with Gasteiger partial charge in [-0.15, -0.1) is 0 Å². The fourth-order valence-corrected chi connectivity index (χ4v) is 1.62. The van der Waals surface area contributed by atoms with Gasteiger partial charge in [-0.3, -0.25) is 0 Å². The summed E-state index contributed by atoms with van der Waals surface area (Å²) in [5.41, 5.74) is 0.544. The van der Waals surface area contributed by atoms with Crippen LogP contribution in [-0.2, 0) is 14.3 Å². The Morgan fingerprint density at radius 3 is 2.19 bits per heavy atom. The third-order valence-electron chi connectivity index (χ3n) is 2.97. The number of esters is 1. The highest BCUT2D eigenvalue weighted by atomic mass is 16.6. The first-order chi connectivity index (χ1) is 12.6. The second-order valence-electron chi connectivity index (χ2n) is 6.67. The smallest absolute Gasteiger partial charge is 0.338 e. The molecule has 0 radical (unpaired) electrons. The lowest BCUT2D eigenvalue weighted by Gasteiger charge is -2.19. The minimum Gasteiger partial charge on any atom is -0.494 e. The van der Waals surface area contributed by atoms with E-state index in [-0.39, 0.29) is 5.57 Å². The third-order valence-corrected chi connectivity index (χ3v) is 2.97. The number of aliphatic carboxylic acids is 1. The van der Waals surface area contributed by atoms with Crippen LogP contribution < -0.4 is 4.74 Å². The lowest BCUT2D eigenvalue weighted by Crippen LogP contribution is -2.24. The van der Waals surface area contributed by atoms with Crippen molar-refractivity contribution in [3.63, 3.8) is 0 Å². The van der Waals surface area contributed by atoms with E-state index >= 15 is 0 Å². The number of rotatable bonds is 8.